The number of ether oxygens (including phenoxy) is 2. The third-order valence-electron chi connectivity index (χ3n) is 5.07. The summed E-state index contributed by atoms with van der Waals surface area (Å²) in [5, 5.41) is -0.470. The van der Waals surface area contributed by atoms with Gasteiger partial charge in [-0.25, -0.2) is 9.69 Å². The quantitative estimate of drug-likeness (QED) is 0.515. The first-order valence-corrected chi connectivity index (χ1v) is 11.7. The van der Waals surface area contributed by atoms with Gasteiger partial charge >= 0.3 is 16.8 Å². The van der Waals surface area contributed by atoms with Crippen LogP contribution in [0.1, 0.15) is 41.9 Å². The molecule has 0 unspecified atom stereocenters. The fraction of sp³-hybridized carbons (Fsp3) is 0.381. The Morgan fingerprint density at radius 2 is 1.81 bits per heavy atom. The fourth-order valence-corrected chi connectivity index (χ4v) is 6.27. The second-order valence-electron chi connectivity index (χ2n) is 7.51. The van der Waals surface area contributed by atoms with Gasteiger partial charge in [0.15, 0.2) is 0 Å². The zero-order valence-corrected chi connectivity index (χ0v) is 19.1. The molecular formula is C21H20N2O7S2. The normalized spacial score (nSPS) is 22.0. The van der Waals surface area contributed by atoms with Crippen LogP contribution >= 0.6 is 23.1 Å². The summed E-state index contributed by atoms with van der Waals surface area (Å²) >= 11 is 1.92. The van der Waals surface area contributed by atoms with E-state index >= 15 is 0 Å². The molecule has 4 rings (SSSR count). The number of esters is 2. The Hall–Kier alpha value is -2.92. The van der Waals surface area contributed by atoms with Gasteiger partial charge in [0, 0.05) is 0 Å². The van der Waals surface area contributed by atoms with Gasteiger partial charge in [-0.2, -0.15) is 0 Å². The summed E-state index contributed by atoms with van der Waals surface area (Å²) in [6.45, 7) is 5.29. The molecule has 1 N–H and O–H groups in total. The minimum atomic E-state index is -1.05. The zero-order chi connectivity index (χ0) is 23.2. The molecule has 1 fully saturated rings. The molecular weight excluding hydrogens is 456 g/mol. The van der Waals surface area contributed by atoms with Gasteiger partial charge in [-0.3, -0.25) is 19.2 Å². The van der Waals surface area contributed by atoms with Gasteiger partial charge in [0.05, 0.1) is 39.8 Å². The first-order valence-electron chi connectivity index (χ1n) is 9.98. The van der Waals surface area contributed by atoms with E-state index in [4.69, 9.17) is 9.47 Å². The number of hydrogen-bond donors (Lipinski definition) is 1. The maximum atomic E-state index is 13.4. The lowest BCUT2D eigenvalue weighted by atomic mass is 9.88. The van der Waals surface area contributed by atoms with E-state index in [1.54, 1.807) is 20.8 Å². The van der Waals surface area contributed by atoms with Gasteiger partial charge in [-0.1, -0.05) is 23.1 Å². The molecule has 9 nitrogen and oxygen atoms in total. The fourth-order valence-electron chi connectivity index (χ4n) is 3.79. The Morgan fingerprint density at radius 1 is 1.12 bits per heavy atom. The molecule has 32 heavy (non-hydrogen) atoms. The minimum Gasteiger partial charge on any atom is -0.462 e. The van der Waals surface area contributed by atoms with Crippen molar-refractivity contribution in [2.75, 3.05) is 11.5 Å². The molecule has 1 saturated heterocycles. The summed E-state index contributed by atoms with van der Waals surface area (Å²) in [6, 6.07) is 5.93. The second kappa shape index (κ2) is 8.55. The van der Waals surface area contributed by atoms with Crippen molar-refractivity contribution in [1.29, 1.82) is 0 Å². The van der Waals surface area contributed by atoms with Crippen LogP contribution in [0, 0.1) is 5.92 Å². The highest BCUT2D eigenvalue weighted by Gasteiger charge is 2.58. The van der Waals surface area contributed by atoms with E-state index in [0.29, 0.717) is 15.5 Å². The molecule has 2 aliphatic heterocycles. The molecule has 0 saturated carbocycles. The number of carbonyl (C=O) groups is 4. The smallest absolute Gasteiger partial charge is 0.338 e. The second-order valence-corrected chi connectivity index (χ2v) is 9.68. The molecule has 3 atom stereocenters. The third kappa shape index (κ3) is 3.75. The largest absolute Gasteiger partial charge is 0.462 e. The van der Waals surface area contributed by atoms with E-state index in [1.165, 1.54) is 24.3 Å². The Balaban J connectivity index is 1.70. The van der Waals surface area contributed by atoms with E-state index in [2.05, 4.69) is 4.98 Å². The van der Waals surface area contributed by atoms with Crippen molar-refractivity contribution >= 4 is 52.5 Å². The van der Waals surface area contributed by atoms with Gasteiger partial charge in [-0.15, -0.1) is 0 Å². The van der Waals surface area contributed by atoms with Gasteiger partial charge < -0.3 is 14.5 Å². The number of fused-ring (bicyclic) bond motifs is 2. The molecule has 2 amide bonds. The lowest BCUT2D eigenvalue weighted by Crippen LogP contribution is -2.36. The number of amides is 2. The van der Waals surface area contributed by atoms with Crippen LogP contribution in [0.25, 0.3) is 0 Å². The summed E-state index contributed by atoms with van der Waals surface area (Å²) in [5.74, 6) is -4.24. The number of rotatable bonds is 5. The Bertz CT molecular complexity index is 1150. The minimum absolute atomic E-state index is 0.227. The van der Waals surface area contributed by atoms with Crippen molar-refractivity contribution in [2.24, 2.45) is 5.92 Å². The number of aromatic amines is 1. The number of thioether (sulfide) groups is 1. The maximum Gasteiger partial charge on any atom is 0.338 e. The van der Waals surface area contributed by atoms with Crippen molar-refractivity contribution in [3.05, 3.63) is 44.4 Å². The van der Waals surface area contributed by atoms with Crippen LogP contribution in [-0.4, -0.2) is 46.7 Å². The van der Waals surface area contributed by atoms with Gasteiger partial charge in [0.2, 0.25) is 11.8 Å². The summed E-state index contributed by atoms with van der Waals surface area (Å²) < 4.78 is 10.3. The molecule has 11 heteroatoms. The summed E-state index contributed by atoms with van der Waals surface area (Å²) in [4.78, 5) is 67.1. The van der Waals surface area contributed by atoms with Crippen molar-refractivity contribution < 1.29 is 28.7 Å². The van der Waals surface area contributed by atoms with E-state index in [9.17, 15) is 24.0 Å². The lowest BCUT2D eigenvalue weighted by Gasteiger charge is -2.28. The zero-order valence-electron chi connectivity index (χ0n) is 17.4. The van der Waals surface area contributed by atoms with Crippen molar-refractivity contribution in [1.82, 2.24) is 4.98 Å². The van der Waals surface area contributed by atoms with Crippen LogP contribution in [0.2, 0.25) is 0 Å². The molecule has 1 aromatic carbocycles. The van der Waals surface area contributed by atoms with Gasteiger partial charge in [0.25, 0.3) is 0 Å². The first kappa shape index (κ1) is 22.3. The van der Waals surface area contributed by atoms with Crippen LogP contribution < -0.4 is 9.77 Å². The number of aromatic nitrogens is 1. The lowest BCUT2D eigenvalue weighted by molar-refractivity contribution is -0.152. The SMILES string of the molecule is CCOC(=O)c1ccc(N2C(=O)[C@H]3[C@@H](Sc4[nH]c(=O)sc4[C@@H]3C(=O)OC(C)C)C2=O)cc1. The van der Waals surface area contributed by atoms with E-state index in [1.807, 2.05) is 0 Å². The van der Waals surface area contributed by atoms with E-state index < -0.39 is 46.9 Å². The van der Waals surface area contributed by atoms with Crippen molar-refractivity contribution in [3.63, 3.8) is 0 Å². The Labute approximate surface area is 191 Å². The Kier molecular flexibility index (Phi) is 5.95. The molecule has 0 aliphatic carbocycles. The molecule has 2 aromatic rings. The number of imide groups is 1. The maximum absolute atomic E-state index is 13.4. The van der Waals surface area contributed by atoms with Crippen LogP contribution in [0.4, 0.5) is 5.69 Å². The predicted molar refractivity (Wildman–Crippen MR) is 117 cm³/mol. The number of H-pyrrole nitrogens is 1. The van der Waals surface area contributed by atoms with Crippen molar-refractivity contribution in [3.8, 4) is 0 Å². The number of anilines is 1. The molecule has 1 aromatic heterocycles. The third-order valence-corrected chi connectivity index (χ3v) is 7.47. The standard InChI is InChI=1S/C21H20N2O7S2/c1-4-29-19(26)10-5-7-11(8-6-10)23-17(24)12-13(20(27)30-9(2)3)14-16(22-21(28)32-14)31-15(12)18(23)25/h5-9,12-13,15H,4H2,1-3H3,(H,22,28)/t12-,13-,15-/m1/s1. The summed E-state index contributed by atoms with van der Waals surface area (Å²) in [7, 11) is 0. The van der Waals surface area contributed by atoms with Crippen LogP contribution in [0.3, 0.4) is 0 Å². The average molecular weight is 477 g/mol. The highest BCUT2D eigenvalue weighted by Crippen LogP contribution is 2.51. The van der Waals surface area contributed by atoms with Gasteiger partial charge in [-0.05, 0) is 45.0 Å². The highest BCUT2D eigenvalue weighted by molar-refractivity contribution is 8.00. The monoisotopic (exact) mass is 476 g/mol. The topological polar surface area (TPSA) is 123 Å². The number of carbonyl (C=O) groups excluding carboxylic acids is 4. The molecule has 0 bridgehead atoms. The first-order chi connectivity index (χ1) is 15.2. The molecule has 2 aliphatic rings. The number of hydrogen-bond acceptors (Lipinski definition) is 9. The molecule has 168 valence electrons. The van der Waals surface area contributed by atoms with Gasteiger partial charge in [0.1, 0.15) is 11.2 Å². The number of nitrogens with zero attached hydrogens (tertiary/aromatic N) is 1. The number of nitrogens with one attached hydrogen (secondary N) is 1. The van der Waals surface area contributed by atoms with Crippen LogP contribution in [0.15, 0.2) is 34.1 Å². The van der Waals surface area contributed by atoms with E-state index in [-0.39, 0.29) is 17.2 Å². The number of benzene rings is 1. The summed E-state index contributed by atoms with van der Waals surface area (Å²) in [6.07, 6.45) is -0.423. The molecule has 0 radical (unpaired) electrons. The molecule has 3 heterocycles. The van der Waals surface area contributed by atoms with Crippen LogP contribution in [-0.2, 0) is 23.9 Å². The summed E-state index contributed by atoms with van der Waals surface area (Å²) in [5.41, 5.74) is 0.579. The van der Waals surface area contributed by atoms with E-state index in [0.717, 1.165) is 28.0 Å². The number of thiazole rings is 1. The van der Waals surface area contributed by atoms with Crippen LogP contribution in [0.5, 0.6) is 0 Å². The van der Waals surface area contributed by atoms with Crippen molar-refractivity contribution in [2.45, 2.75) is 43.1 Å². The Morgan fingerprint density at radius 3 is 2.44 bits per heavy atom. The predicted octanol–water partition coefficient (Wildman–Crippen LogP) is 2.31. The highest BCUT2D eigenvalue weighted by atomic mass is 32.2. The average Bonchev–Trinajstić information content (AvgIpc) is 3.22. The molecule has 0 spiro atoms.